The minimum atomic E-state index is -3.89. The first-order valence-corrected chi connectivity index (χ1v) is 15.4. The van der Waals surface area contributed by atoms with Crippen molar-refractivity contribution in [3.8, 4) is 17.1 Å². The van der Waals surface area contributed by atoms with Crippen LogP contribution in [0.25, 0.3) is 16.9 Å². The number of rotatable bonds is 13. The molecule has 0 spiro atoms. The Balaban J connectivity index is 1.73. The summed E-state index contributed by atoms with van der Waals surface area (Å²) in [6.07, 6.45) is 5.01. The molecule has 0 bridgehead atoms. The lowest BCUT2D eigenvalue weighted by molar-refractivity contribution is -0.975. The molecule has 0 atom stereocenters. The molecule has 14 nitrogen and oxygen atoms in total. The van der Waals surface area contributed by atoms with Gasteiger partial charge in [-0.25, -0.2) is 18.1 Å². The van der Waals surface area contributed by atoms with E-state index in [1.165, 1.54) is 27.2 Å². The molecule has 0 amide bonds. The molecular weight excluding hydrogens is 568 g/mol. The van der Waals surface area contributed by atoms with Crippen LogP contribution in [0, 0.1) is 17.7 Å². The van der Waals surface area contributed by atoms with Gasteiger partial charge in [-0.15, -0.1) is 5.10 Å². The van der Waals surface area contributed by atoms with Crippen LogP contribution in [-0.4, -0.2) is 75.3 Å². The molecule has 1 aromatic carbocycles. The summed E-state index contributed by atoms with van der Waals surface area (Å²) >= 11 is 0. The van der Waals surface area contributed by atoms with Gasteiger partial charge in [0.25, 0.3) is 5.56 Å². The first-order valence-electron chi connectivity index (χ1n) is 14.0. The third-order valence-corrected chi connectivity index (χ3v) is 9.36. The van der Waals surface area contributed by atoms with Gasteiger partial charge in [0.1, 0.15) is 16.2 Å². The molecule has 1 fully saturated rings. The molecule has 3 aromatic rings. The molecule has 42 heavy (non-hydrogen) atoms. The number of fused-ring (bicyclic) bond motifs is 1. The number of aromatic nitrogens is 3. The van der Waals surface area contributed by atoms with Crippen LogP contribution < -0.4 is 10.3 Å². The lowest BCUT2D eigenvalue weighted by Crippen LogP contribution is -2.38. The lowest BCUT2D eigenvalue weighted by atomic mass is 9.95. The highest BCUT2D eigenvalue weighted by atomic mass is 32.2. The number of hydrogen-bond acceptors (Lipinski definition) is 9. The Kier molecular flexibility index (Phi) is 9.83. The van der Waals surface area contributed by atoms with Gasteiger partial charge in [0.05, 0.1) is 29.0 Å². The van der Waals surface area contributed by atoms with Crippen LogP contribution >= 0.6 is 0 Å². The monoisotopic (exact) mass is 605 g/mol. The number of piperidine rings is 1. The van der Waals surface area contributed by atoms with Crippen LogP contribution in [0.15, 0.2) is 33.0 Å². The zero-order valence-corrected chi connectivity index (χ0v) is 24.8. The number of benzene rings is 1. The average Bonchev–Trinajstić information content (AvgIpc) is 3.23. The fourth-order valence-electron chi connectivity index (χ4n) is 5.33. The topological polar surface area (TPSA) is 179 Å². The maximum Gasteiger partial charge on any atom is 0.475 e. The number of hydrogen-bond donors (Lipinski definition) is 3. The van der Waals surface area contributed by atoms with Gasteiger partial charge in [0, 0.05) is 18.7 Å². The van der Waals surface area contributed by atoms with Crippen molar-refractivity contribution in [3.63, 3.8) is 0 Å². The molecule has 3 N–H and O–H groups in total. The second-order valence-corrected chi connectivity index (χ2v) is 12.2. The predicted molar refractivity (Wildman–Crippen MR) is 153 cm³/mol. The van der Waals surface area contributed by atoms with Crippen molar-refractivity contribution in [2.75, 3.05) is 26.3 Å². The van der Waals surface area contributed by atoms with Crippen LogP contribution in [0.1, 0.15) is 62.8 Å². The van der Waals surface area contributed by atoms with E-state index in [9.17, 15) is 23.3 Å². The number of nitrogens with zero attached hydrogens (tertiary/aromatic N) is 5. The van der Waals surface area contributed by atoms with Crippen molar-refractivity contribution in [3.05, 3.63) is 50.3 Å². The molecule has 1 aliphatic heterocycles. The van der Waals surface area contributed by atoms with E-state index < -0.39 is 20.7 Å². The molecular formula is C27H37N6O8S+. The Morgan fingerprint density at radius 1 is 1.21 bits per heavy atom. The van der Waals surface area contributed by atoms with Crippen LogP contribution in [0.2, 0.25) is 0 Å². The Morgan fingerprint density at radius 2 is 1.95 bits per heavy atom. The molecule has 4 rings (SSSR count). The second kappa shape index (κ2) is 13.3. The molecule has 1 saturated heterocycles. The Bertz CT molecular complexity index is 1620. The number of sulfonamides is 1. The molecule has 15 heteroatoms. The highest BCUT2D eigenvalue weighted by Gasteiger charge is 2.31. The highest BCUT2D eigenvalue weighted by molar-refractivity contribution is 7.89. The van der Waals surface area contributed by atoms with Crippen LogP contribution in [0.5, 0.6) is 5.75 Å². The van der Waals surface area contributed by atoms with Gasteiger partial charge in [-0.05, 0) is 68.7 Å². The molecule has 3 heterocycles. The summed E-state index contributed by atoms with van der Waals surface area (Å²) in [7, 11) is -3.89. The fourth-order valence-corrected chi connectivity index (χ4v) is 6.82. The fraction of sp³-hybridized carbons (Fsp3) is 0.519. The third kappa shape index (κ3) is 6.41. The van der Waals surface area contributed by atoms with E-state index in [2.05, 4.69) is 15.0 Å². The maximum atomic E-state index is 13.7. The molecule has 0 radical (unpaired) electrons. The van der Waals surface area contributed by atoms with E-state index >= 15 is 0 Å². The molecule has 0 aliphatic carbocycles. The molecule has 0 unspecified atom stereocenters. The first-order chi connectivity index (χ1) is 20.1. The van der Waals surface area contributed by atoms with Crippen molar-refractivity contribution in [1.29, 1.82) is 0 Å². The summed E-state index contributed by atoms with van der Waals surface area (Å²) < 4.78 is 36.3. The largest absolute Gasteiger partial charge is 0.493 e. The zero-order valence-electron chi connectivity index (χ0n) is 23.9. The van der Waals surface area contributed by atoms with Gasteiger partial charge in [-0.1, -0.05) is 25.4 Å². The zero-order chi connectivity index (χ0) is 30.4. The summed E-state index contributed by atoms with van der Waals surface area (Å²) in [5.41, 5.74) is 2.14. The van der Waals surface area contributed by atoms with Gasteiger partial charge < -0.3 is 14.9 Å². The molecule has 1 aliphatic rings. The van der Waals surface area contributed by atoms with Crippen molar-refractivity contribution >= 4 is 21.8 Å². The molecule has 0 saturated carbocycles. The number of H-pyrrole nitrogens is 1. The molecule has 2 aromatic heterocycles. The van der Waals surface area contributed by atoms with E-state index in [0.29, 0.717) is 65.9 Å². The third-order valence-electron chi connectivity index (χ3n) is 7.47. The summed E-state index contributed by atoms with van der Waals surface area (Å²) in [4.78, 5) is 31.2. The molecule has 228 valence electrons. The summed E-state index contributed by atoms with van der Waals surface area (Å²) in [6, 6.07) is 4.54. The number of ether oxygens (including phenoxy) is 1. The summed E-state index contributed by atoms with van der Waals surface area (Å²) in [5.74, 6) is 0.678. The summed E-state index contributed by atoms with van der Waals surface area (Å²) in [6.45, 7) is 6.69. The number of aryl methyl sites for hydroxylation is 2. The quantitative estimate of drug-likeness (QED) is 0.149. The minimum Gasteiger partial charge on any atom is -0.493 e. The van der Waals surface area contributed by atoms with E-state index in [1.54, 1.807) is 13.0 Å². The van der Waals surface area contributed by atoms with Gasteiger partial charge in [0.15, 0.2) is 12.4 Å². The maximum absolute atomic E-state index is 13.7. The van der Waals surface area contributed by atoms with Gasteiger partial charge >= 0.3 is 5.09 Å². The van der Waals surface area contributed by atoms with Crippen LogP contribution in [0.4, 0.5) is 0 Å². The van der Waals surface area contributed by atoms with Crippen molar-refractivity contribution in [2.45, 2.75) is 64.2 Å². The number of aromatic amines is 1. The summed E-state index contributed by atoms with van der Waals surface area (Å²) in [5, 5.41) is 25.1. The average molecular weight is 606 g/mol. The Labute approximate surface area is 243 Å². The van der Waals surface area contributed by atoms with Crippen LogP contribution in [0.3, 0.4) is 0 Å². The van der Waals surface area contributed by atoms with Crippen molar-refractivity contribution in [2.24, 2.45) is 11.1 Å². The van der Waals surface area contributed by atoms with Gasteiger partial charge in [-0.2, -0.15) is 9.14 Å². The van der Waals surface area contributed by atoms with E-state index in [0.717, 1.165) is 12.8 Å². The van der Waals surface area contributed by atoms with Crippen LogP contribution in [-0.2, 0) is 21.3 Å². The first kappa shape index (κ1) is 31.0. The number of oxime groups is 1. The Hall–Kier alpha value is -3.98. The smallest absolute Gasteiger partial charge is 0.475 e. The predicted octanol–water partition coefficient (Wildman–Crippen LogP) is 3.44. The normalized spacial score (nSPS) is 15.0. The Morgan fingerprint density at radius 3 is 2.60 bits per heavy atom. The van der Waals surface area contributed by atoms with E-state index in [4.69, 9.17) is 15.0 Å². The highest BCUT2D eigenvalue weighted by Crippen LogP contribution is 2.33. The number of nitrogens with one attached hydrogen (secondary N) is 1. The lowest BCUT2D eigenvalue weighted by Gasteiger charge is -2.31. The van der Waals surface area contributed by atoms with E-state index in [1.807, 2.05) is 13.8 Å². The van der Waals surface area contributed by atoms with Crippen molar-refractivity contribution in [1.82, 2.24) is 18.9 Å². The second-order valence-electron chi connectivity index (χ2n) is 10.3. The van der Waals surface area contributed by atoms with E-state index in [-0.39, 0.29) is 36.3 Å². The standard InChI is InChI=1S/C27H36N6O8S/c1-4-6-23-22(17-28-35)18(3)25-27(34)29-26(30-32(23)25)21-16-20(7-8-24(21)40-14-5-2)42(38,39)31-12-9-19(10-13-31)11-15-41-33(36)37/h7-8,16-17,19H,4-6,9-15H2,1-3H3,(H2-,29,30,34,35,36,37)/p+1/b28-17-. The van der Waals surface area contributed by atoms with Crippen molar-refractivity contribution < 1.29 is 33.5 Å². The van der Waals surface area contributed by atoms with Gasteiger partial charge in [0.2, 0.25) is 10.0 Å². The minimum absolute atomic E-state index is 0.0405. The van der Waals surface area contributed by atoms with Gasteiger partial charge in [-0.3, -0.25) is 4.79 Å². The SMILES string of the molecule is CCCOc1ccc(S(=O)(=O)N2CCC(CCO[N+](=O)O)CC2)cc1-c1nn2c(CCC)c(/C=N\O)c(C)c2c(=O)[nH]1.